The molecule has 0 bridgehead atoms. The van der Waals surface area contributed by atoms with Crippen LogP contribution in [0, 0.1) is 0 Å². The number of primary amides is 1. The molecule has 3 N–H and O–H groups in total. The predicted molar refractivity (Wildman–Crippen MR) is 106 cm³/mol. The molecule has 3 amide bonds. The van der Waals surface area contributed by atoms with Gasteiger partial charge in [-0.1, -0.05) is 30.3 Å². The standard InChI is InChI=1S/C21H26N4O4/c1-14(26)23-16(8-9-19(22)27)21(28)25-12-11-18-17(13-25)24-20(29-18)10-7-15-5-3-2-4-6-15/h2-6,16H,7-13H2,1H3,(H2,22,27)(H,23,26)/t16-/m0/s1. The molecule has 0 unspecified atom stereocenters. The number of hydrogen-bond acceptors (Lipinski definition) is 5. The van der Waals surface area contributed by atoms with E-state index in [1.165, 1.54) is 12.5 Å². The highest BCUT2D eigenvalue weighted by Gasteiger charge is 2.30. The number of nitrogens with one attached hydrogen (secondary N) is 1. The van der Waals surface area contributed by atoms with Crippen LogP contribution in [0.2, 0.25) is 0 Å². The lowest BCUT2D eigenvalue weighted by atomic mass is 10.1. The highest BCUT2D eigenvalue weighted by atomic mass is 16.4. The number of nitrogens with zero attached hydrogens (tertiary/aromatic N) is 2. The summed E-state index contributed by atoms with van der Waals surface area (Å²) in [5.74, 6) is 0.412. The summed E-state index contributed by atoms with van der Waals surface area (Å²) >= 11 is 0. The molecule has 8 heteroatoms. The number of aromatic nitrogens is 1. The smallest absolute Gasteiger partial charge is 0.245 e. The van der Waals surface area contributed by atoms with Crippen LogP contribution in [0.1, 0.15) is 42.7 Å². The first kappa shape index (κ1) is 20.6. The molecule has 0 radical (unpaired) electrons. The zero-order valence-electron chi connectivity index (χ0n) is 16.5. The first-order valence-electron chi connectivity index (χ1n) is 9.78. The van der Waals surface area contributed by atoms with Crippen molar-refractivity contribution in [2.75, 3.05) is 6.54 Å². The summed E-state index contributed by atoms with van der Waals surface area (Å²) in [5, 5.41) is 2.62. The summed E-state index contributed by atoms with van der Waals surface area (Å²) in [6.45, 7) is 2.15. The number of benzene rings is 1. The van der Waals surface area contributed by atoms with Crippen LogP contribution in [0.5, 0.6) is 0 Å². The summed E-state index contributed by atoms with van der Waals surface area (Å²) in [7, 11) is 0. The number of amides is 3. The van der Waals surface area contributed by atoms with Crippen LogP contribution in [0.4, 0.5) is 0 Å². The number of rotatable bonds is 8. The van der Waals surface area contributed by atoms with Gasteiger partial charge in [-0.05, 0) is 18.4 Å². The van der Waals surface area contributed by atoms with E-state index in [-0.39, 0.29) is 24.7 Å². The molecular formula is C21H26N4O4. The van der Waals surface area contributed by atoms with Crippen LogP contribution in [0.25, 0.3) is 0 Å². The van der Waals surface area contributed by atoms with E-state index in [0.29, 0.717) is 31.8 Å². The molecular weight excluding hydrogens is 372 g/mol. The zero-order chi connectivity index (χ0) is 20.8. The van der Waals surface area contributed by atoms with E-state index in [1.807, 2.05) is 18.2 Å². The van der Waals surface area contributed by atoms with Gasteiger partial charge in [-0.2, -0.15) is 0 Å². The Morgan fingerprint density at radius 1 is 1.24 bits per heavy atom. The van der Waals surface area contributed by atoms with Crippen LogP contribution in [0.3, 0.4) is 0 Å². The minimum absolute atomic E-state index is 0.0311. The van der Waals surface area contributed by atoms with Gasteiger partial charge in [0.15, 0.2) is 5.89 Å². The molecule has 0 fully saturated rings. The highest BCUT2D eigenvalue weighted by molar-refractivity contribution is 5.87. The van der Waals surface area contributed by atoms with E-state index in [9.17, 15) is 14.4 Å². The van der Waals surface area contributed by atoms with E-state index < -0.39 is 11.9 Å². The third kappa shape index (κ3) is 5.66. The third-order valence-electron chi connectivity index (χ3n) is 4.91. The second-order valence-corrected chi connectivity index (χ2v) is 7.23. The molecule has 1 atom stereocenters. The number of aryl methyl sites for hydroxylation is 2. The van der Waals surface area contributed by atoms with Crippen LogP contribution in [0.15, 0.2) is 34.7 Å². The number of fused-ring (bicyclic) bond motifs is 1. The maximum atomic E-state index is 12.9. The first-order chi connectivity index (χ1) is 13.9. The van der Waals surface area contributed by atoms with Crippen molar-refractivity contribution in [3.8, 4) is 0 Å². The second-order valence-electron chi connectivity index (χ2n) is 7.23. The maximum Gasteiger partial charge on any atom is 0.245 e. The lowest BCUT2D eigenvalue weighted by molar-refractivity contribution is -0.137. The number of hydrogen-bond donors (Lipinski definition) is 2. The Kier molecular flexibility index (Phi) is 6.64. The average Bonchev–Trinajstić information content (AvgIpc) is 3.11. The van der Waals surface area contributed by atoms with Crippen LogP contribution < -0.4 is 11.1 Å². The lowest BCUT2D eigenvalue weighted by Gasteiger charge is -2.29. The molecule has 1 aromatic heterocycles. The maximum absolute atomic E-state index is 12.9. The van der Waals surface area contributed by atoms with Crippen molar-refractivity contribution < 1.29 is 18.8 Å². The molecule has 29 heavy (non-hydrogen) atoms. The van der Waals surface area contributed by atoms with Crippen LogP contribution in [-0.2, 0) is 40.2 Å². The van der Waals surface area contributed by atoms with Gasteiger partial charge >= 0.3 is 0 Å². The molecule has 3 rings (SSSR count). The fourth-order valence-corrected chi connectivity index (χ4v) is 3.45. The minimum Gasteiger partial charge on any atom is -0.445 e. The van der Waals surface area contributed by atoms with E-state index in [0.717, 1.165) is 17.9 Å². The van der Waals surface area contributed by atoms with Crippen LogP contribution in [-0.4, -0.2) is 40.2 Å². The number of carbonyl (C=O) groups is 3. The van der Waals surface area contributed by atoms with E-state index in [4.69, 9.17) is 10.2 Å². The topological polar surface area (TPSA) is 119 Å². The fourth-order valence-electron chi connectivity index (χ4n) is 3.45. The number of carbonyl (C=O) groups excluding carboxylic acids is 3. The number of oxazole rings is 1. The van der Waals surface area contributed by atoms with E-state index in [1.54, 1.807) is 4.90 Å². The molecule has 8 nitrogen and oxygen atoms in total. The fraction of sp³-hybridized carbons (Fsp3) is 0.429. The lowest BCUT2D eigenvalue weighted by Crippen LogP contribution is -2.49. The Morgan fingerprint density at radius 2 is 2.00 bits per heavy atom. The van der Waals surface area contributed by atoms with Gasteiger partial charge in [0.1, 0.15) is 17.5 Å². The Morgan fingerprint density at radius 3 is 2.69 bits per heavy atom. The highest BCUT2D eigenvalue weighted by Crippen LogP contribution is 2.22. The zero-order valence-corrected chi connectivity index (χ0v) is 16.5. The molecule has 0 saturated heterocycles. The largest absolute Gasteiger partial charge is 0.445 e. The monoisotopic (exact) mass is 398 g/mol. The van der Waals surface area contributed by atoms with E-state index in [2.05, 4.69) is 22.4 Å². The predicted octanol–water partition coefficient (Wildman–Crippen LogP) is 1.11. The third-order valence-corrected chi connectivity index (χ3v) is 4.91. The van der Waals surface area contributed by atoms with Crippen molar-refractivity contribution in [1.82, 2.24) is 15.2 Å². The minimum atomic E-state index is -0.772. The molecule has 154 valence electrons. The van der Waals surface area contributed by atoms with Crippen LogP contribution >= 0.6 is 0 Å². The Hall–Kier alpha value is -3.16. The van der Waals surface area contributed by atoms with Gasteiger partial charge in [0.2, 0.25) is 17.7 Å². The molecule has 2 heterocycles. The molecule has 0 aliphatic carbocycles. The van der Waals surface area contributed by atoms with Gasteiger partial charge in [-0.3, -0.25) is 14.4 Å². The molecule has 1 aliphatic rings. The summed E-state index contributed by atoms with van der Waals surface area (Å²) < 4.78 is 5.88. The summed E-state index contributed by atoms with van der Waals surface area (Å²) in [6, 6.07) is 9.35. The Bertz CT molecular complexity index is 878. The SMILES string of the molecule is CC(=O)N[C@@H](CCC(N)=O)C(=O)N1CCc2oc(CCc3ccccc3)nc2C1. The molecule has 0 saturated carbocycles. The van der Waals surface area contributed by atoms with Crippen molar-refractivity contribution >= 4 is 17.7 Å². The summed E-state index contributed by atoms with van der Waals surface area (Å²) in [6.07, 6.45) is 2.31. The van der Waals surface area contributed by atoms with Gasteiger partial charge in [0.05, 0.1) is 6.54 Å². The molecule has 2 aromatic rings. The molecule has 1 aromatic carbocycles. The Labute approximate surface area is 169 Å². The van der Waals surface area contributed by atoms with E-state index >= 15 is 0 Å². The normalized spacial score (nSPS) is 14.2. The van der Waals surface area contributed by atoms with Gasteiger partial charge < -0.3 is 20.4 Å². The van der Waals surface area contributed by atoms with Gasteiger partial charge in [-0.25, -0.2) is 4.98 Å². The molecule has 0 spiro atoms. The Balaban J connectivity index is 1.63. The van der Waals surface area contributed by atoms with Gasteiger partial charge in [0.25, 0.3) is 0 Å². The second kappa shape index (κ2) is 9.36. The van der Waals surface area contributed by atoms with Crippen molar-refractivity contribution in [3.63, 3.8) is 0 Å². The average molecular weight is 398 g/mol. The quantitative estimate of drug-likeness (QED) is 0.691. The molecule has 1 aliphatic heterocycles. The van der Waals surface area contributed by atoms with Crippen molar-refractivity contribution in [2.45, 2.75) is 51.6 Å². The number of nitrogens with two attached hydrogens (primary N) is 1. The van der Waals surface area contributed by atoms with Crippen molar-refractivity contribution in [2.24, 2.45) is 5.73 Å². The summed E-state index contributed by atoms with van der Waals surface area (Å²) in [5.41, 5.74) is 7.16. The van der Waals surface area contributed by atoms with Gasteiger partial charge in [-0.15, -0.1) is 0 Å². The van der Waals surface area contributed by atoms with Gasteiger partial charge in [0, 0.05) is 32.7 Å². The van der Waals surface area contributed by atoms with Crippen molar-refractivity contribution in [1.29, 1.82) is 0 Å². The first-order valence-corrected chi connectivity index (χ1v) is 9.78. The summed E-state index contributed by atoms with van der Waals surface area (Å²) in [4.78, 5) is 41.6. The van der Waals surface area contributed by atoms with Crippen molar-refractivity contribution in [3.05, 3.63) is 53.2 Å².